The van der Waals surface area contributed by atoms with E-state index in [2.05, 4.69) is 16.3 Å². The predicted octanol–water partition coefficient (Wildman–Crippen LogP) is 1.82. The molecule has 8 heteroatoms. The summed E-state index contributed by atoms with van der Waals surface area (Å²) < 4.78 is 28.9. The Hall–Kier alpha value is -0.350. The maximum absolute atomic E-state index is 12.1. The number of rotatable bonds is 4. The van der Waals surface area contributed by atoms with E-state index in [9.17, 15) is 8.42 Å². The third kappa shape index (κ3) is 5.59. The zero-order valence-corrected chi connectivity index (χ0v) is 18.0. The van der Waals surface area contributed by atoms with Crippen molar-refractivity contribution in [2.24, 2.45) is 4.99 Å². The summed E-state index contributed by atoms with van der Waals surface area (Å²) in [4.78, 5) is 6.77. The largest absolute Gasteiger partial charge is 0.377 e. The van der Waals surface area contributed by atoms with E-state index in [-0.39, 0.29) is 29.7 Å². The molecule has 0 saturated carbocycles. The van der Waals surface area contributed by atoms with E-state index >= 15 is 0 Å². The fourth-order valence-corrected chi connectivity index (χ4v) is 4.21. The fraction of sp³-hybridized carbons (Fsp3) is 0.812. The molecule has 0 aliphatic carbocycles. The molecule has 2 aliphatic heterocycles. The van der Waals surface area contributed by atoms with E-state index in [1.54, 1.807) is 13.8 Å². The molecule has 0 bridgehead atoms. The van der Waals surface area contributed by atoms with Gasteiger partial charge >= 0.3 is 0 Å². The number of aliphatic imine (C=N–C) groups is 1. The van der Waals surface area contributed by atoms with Crippen LogP contribution in [0.2, 0.25) is 0 Å². The van der Waals surface area contributed by atoms with E-state index in [0.717, 1.165) is 38.5 Å². The molecule has 0 atom stereocenters. The second kappa shape index (κ2) is 9.38. The van der Waals surface area contributed by atoms with Gasteiger partial charge in [-0.1, -0.05) is 11.6 Å². The SMILES string of the molecule is CCNC(=NCCC1=CCOCC1)N1CCS(=O)(=O)C(C)(C)C1.I. The summed E-state index contributed by atoms with van der Waals surface area (Å²) in [5.74, 6) is 1.01. The van der Waals surface area contributed by atoms with Gasteiger partial charge in [0.1, 0.15) is 0 Å². The van der Waals surface area contributed by atoms with Crippen molar-refractivity contribution in [2.75, 3.05) is 45.1 Å². The van der Waals surface area contributed by atoms with Crippen molar-refractivity contribution in [3.05, 3.63) is 11.6 Å². The highest BCUT2D eigenvalue weighted by Gasteiger charge is 2.40. The number of halogens is 1. The van der Waals surface area contributed by atoms with Crippen LogP contribution in [0, 0.1) is 0 Å². The van der Waals surface area contributed by atoms with Gasteiger partial charge in [0.05, 0.1) is 23.7 Å². The van der Waals surface area contributed by atoms with Gasteiger partial charge in [-0.2, -0.15) is 0 Å². The Morgan fingerprint density at radius 3 is 2.79 bits per heavy atom. The number of hydrogen-bond donors (Lipinski definition) is 1. The molecule has 0 aromatic carbocycles. The smallest absolute Gasteiger partial charge is 0.194 e. The zero-order chi connectivity index (χ0) is 16.9. The van der Waals surface area contributed by atoms with Gasteiger partial charge in [0, 0.05) is 26.2 Å². The molecule has 1 fully saturated rings. The zero-order valence-electron chi connectivity index (χ0n) is 14.9. The standard InChI is InChI=1S/C16H29N3O3S.HI/c1-4-17-15(18-8-5-14-6-10-22-11-7-14)19-9-12-23(20,21)16(2,3)13-19;/h6H,4-5,7-13H2,1-3H3,(H,17,18);1H. The summed E-state index contributed by atoms with van der Waals surface area (Å²) in [6.45, 7) is 9.62. The highest BCUT2D eigenvalue weighted by Crippen LogP contribution is 2.23. The van der Waals surface area contributed by atoms with Gasteiger partial charge in [0.15, 0.2) is 15.8 Å². The lowest BCUT2D eigenvalue weighted by Gasteiger charge is -2.39. The van der Waals surface area contributed by atoms with E-state index in [0.29, 0.717) is 19.7 Å². The molecule has 2 aliphatic rings. The van der Waals surface area contributed by atoms with Gasteiger partial charge in [-0.25, -0.2) is 8.42 Å². The average molecular weight is 471 g/mol. The Morgan fingerprint density at radius 2 is 2.21 bits per heavy atom. The molecule has 2 heterocycles. The summed E-state index contributed by atoms with van der Waals surface area (Å²) in [6.07, 6.45) is 4.07. The molecule has 0 aromatic rings. The van der Waals surface area contributed by atoms with Gasteiger partial charge in [-0.15, -0.1) is 24.0 Å². The van der Waals surface area contributed by atoms with Gasteiger partial charge in [0.25, 0.3) is 0 Å². The maximum atomic E-state index is 12.1. The van der Waals surface area contributed by atoms with E-state index in [4.69, 9.17) is 9.73 Å². The Balaban J connectivity index is 0.00000288. The second-order valence-electron chi connectivity index (χ2n) is 6.67. The highest BCUT2D eigenvalue weighted by atomic mass is 127. The molecule has 1 N–H and O–H groups in total. The predicted molar refractivity (Wildman–Crippen MR) is 109 cm³/mol. The van der Waals surface area contributed by atoms with Crippen LogP contribution in [0.1, 0.15) is 33.6 Å². The minimum atomic E-state index is -3.03. The molecule has 6 nitrogen and oxygen atoms in total. The van der Waals surface area contributed by atoms with Crippen LogP contribution in [0.4, 0.5) is 0 Å². The third-order valence-corrected chi connectivity index (χ3v) is 6.96. The molecule has 0 unspecified atom stereocenters. The number of hydrogen-bond acceptors (Lipinski definition) is 4. The molecule has 0 radical (unpaired) electrons. The monoisotopic (exact) mass is 471 g/mol. The Labute approximate surface area is 163 Å². The molecule has 0 amide bonds. The number of nitrogens with zero attached hydrogens (tertiary/aromatic N) is 2. The van der Waals surface area contributed by atoms with E-state index in [1.165, 1.54) is 5.57 Å². The first-order valence-electron chi connectivity index (χ1n) is 8.37. The minimum absolute atomic E-state index is 0. The lowest BCUT2D eigenvalue weighted by molar-refractivity contribution is 0.153. The van der Waals surface area contributed by atoms with Crippen molar-refractivity contribution in [3.8, 4) is 0 Å². The van der Waals surface area contributed by atoms with Crippen molar-refractivity contribution < 1.29 is 13.2 Å². The summed E-state index contributed by atoms with van der Waals surface area (Å²) in [5.41, 5.74) is 1.40. The molecule has 140 valence electrons. The minimum Gasteiger partial charge on any atom is -0.377 e. The van der Waals surface area contributed by atoms with Crippen LogP contribution < -0.4 is 5.32 Å². The van der Waals surface area contributed by atoms with Gasteiger partial charge in [0.2, 0.25) is 0 Å². The number of guanidine groups is 1. The third-order valence-electron chi connectivity index (χ3n) is 4.43. The van der Waals surface area contributed by atoms with Crippen molar-refractivity contribution in [1.82, 2.24) is 10.2 Å². The molecule has 0 aromatic heterocycles. The summed E-state index contributed by atoms with van der Waals surface area (Å²) in [6, 6.07) is 0. The first kappa shape index (κ1) is 21.7. The van der Waals surface area contributed by atoms with Crippen LogP contribution in [0.25, 0.3) is 0 Å². The van der Waals surface area contributed by atoms with Gasteiger partial charge in [-0.05, 0) is 33.6 Å². The molecular formula is C16H30IN3O3S. The fourth-order valence-electron chi connectivity index (χ4n) is 2.85. The normalized spacial score (nSPS) is 23.2. The van der Waals surface area contributed by atoms with Crippen LogP contribution in [0.15, 0.2) is 16.6 Å². The van der Waals surface area contributed by atoms with Crippen LogP contribution in [-0.4, -0.2) is 69.2 Å². The molecule has 2 rings (SSSR count). The quantitative estimate of drug-likeness (QED) is 0.293. The summed E-state index contributed by atoms with van der Waals surface area (Å²) in [7, 11) is -3.03. The van der Waals surface area contributed by atoms with E-state index in [1.807, 2.05) is 6.92 Å². The lowest BCUT2D eigenvalue weighted by Crippen LogP contribution is -2.57. The van der Waals surface area contributed by atoms with Crippen LogP contribution in [0.5, 0.6) is 0 Å². The molecule has 24 heavy (non-hydrogen) atoms. The second-order valence-corrected chi connectivity index (χ2v) is 9.42. The van der Waals surface area contributed by atoms with Crippen molar-refractivity contribution >= 4 is 39.8 Å². The van der Waals surface area contributed by atoms with Crippen molar-refractivity contribution in [1.29, 1.82) is 0 Å². The first-order valence-corrected chi connectivity index (χ1v) is 10.0. The first-order chi connectivity index (χ1) is 10.9. The average Bonchev–Trinajstić information content (AvgIpc) is 2.50. The lowest BCUT2D eigenvalue weighted by atomic mass is 10.1. The van der Waals surface area contributed by atoms with Gasteiger partial charge in [-0.3, -0.25) is 4.99 Å². The summed E-state index contributed by atoms with van der Waals surface area (Å²) >= 11 is 0. The Morgan fingerprint density at radius 1 is 1.46 bits per heavy atom. The summed E-state index contributed by atoms with van der Waals surface area (Å²) in [5, 5.41) is 3.29. The highest BCUT2D eigenvalue weighted by molar-refractivity contribution is 14.0. The van der Waals surface area contributed by atoms with Crippen molar-refractivity contribution in [3.63, 3.8) is 0 Å². The molecule has 1 saturated heterocycles. The van der Waals surface area contributed by atoms with Gasteiger partial charge < -0.3 is 15.0 Å². The van der Waals surface area contributed by atoms with Crippen LogP contribution >= 0.6 is 24.0 Å². The van der Waals surface area contributed by atoms with E-state index < -0.39 is 14.6 Å². The maximum Gasteiger partial charge on any atom is 0.194 e. The molecular weight excluding hydrogens is 441 g/mol. The van der Waals surface area contributed by atoms with Crippen LogP contribution in [0.3, 0.4) is 0 Å². The van der Waals surface area contributed by atoms with Crippen molar-refractivity contribution in [2.45, 2.75) is 38.4 Å². The topological polar surface area (TPSA) is 71.0 Å². The Bertz CT molecular complexity index is 573. The number of ether oxygens (including phenoxy) is 1. The van der Waals surface area contributed by atoms with Crippen LogP contribution in [-0.2, 0) is 14.6 Å². The number of sulfone groups is 1. The Kier molecular flexibility index (Phi) is 8.47. The number of nitrogens with one attached hydrogen (secondary N) is 1. The molecule has 0 spiro atoms.